The summed E-state index contributed by atoms with van der Waals surface area (Å²) in [6.07, 6.45) is 3.74. The summed E-state index contributed by atoms with van der Waals surface area (Å²) in [5.41, 5.74) is 0.651. The number of rotatable bonds is 5. The van der Waals surface area contributed by atoms with Crippen molar-refractivity contribution in [1.29, 1.82) is 0 Å². The molecule has 0 aliphatic heterocycles. The summed E-state index contributed by atoms with van der Waals surface area (Å²) in [6, 6.07) is 9.41. The zero-order valence-electron chi connectivity index (χ0n) is 12.6. The fourth-order valence-electron chi connectivity index (χ4n) is 2.63. The highest BCUT2D eigenvalue weighted by atomic mass is 79.9. The Morgan fingerprint density at radius 2 is 2.18 bits per heavy atom. The van der Waals surface area contributed by atoms with Crippen LogP contribution in [-0.2, 0) is 0 Å². The van der Waals surface area contributed by atoms with Crippen LogP contribution < -0.4 is 4.74 Å². The highest BCUT2D eigenvalue weighted by Gasteiger charge is 2.37. The van der Waals surface area contributed by atoms with Gasteiger partial charge in [0, 0.05) is 11.6 Å². The molecule has 1 aromatic heterocycles. The molecule has 2 aromatic rings. The molecular formula is C17H18BrNO3. The molecule has 22 heavy (non-hydrogen) atoms. The minimum Gasteiger partial charge on any atom is -0.496 e. The lowest BCUT2D eigenvalue weighted by molar-refractivity contribution is 0.0652. The number of hydrogen-bond donors (Lipinski definition) is 0. The molecule has 1 amide bonds. The highest BCUT2D eigenvalue weighted by Crippen LogP contribution is 2.36. The molecule has 1 saturated carbocycles. The Balaban J connectivity index is 1.88. The molecule has 0 radical (unpaired) electrons. The van der Waals surface area contributed by atoms with Gasteiger partial charge in [-0.3, -0.25) is 4.79 Å². The number of nitrogens with zero attached hydrogens (tertiary/aromatic N) is 1. The van der Waals surface area contributed by atoms with Gasteiger partial charge in [0.1, 0.15) is 11.5 Å². The van der Waals surface area contributed by atoms with Crippen LogP contribution in [0.25, 0.3) is 0 Å². The number of carbonyl (C=O) groups excluding carboxylic acids is 1. The van der Waals surface area contributed by atoms with Crippen molar-refractivity contribution in [3.8, 4) is 5.75 Å². The van der Waals surface area contributed by atoms with E-state index in [-0.39, 0.29) is 11.9 Å². The predicted octanol–water partition coefficient (Wildman–Crippen LogP) is 4.42. The highest BCUT2D eigenvalue weighted by molar-refractivity contribution is 9.10. The van der Waals surface area contributed by atoms with Crippen molar-refractivity contribution in [2.24, 2.45) is 0 Å². The lowest BCUT2D eigenvalue weighted by Crippen LogP contribution is -2.35. The molecule has 116 valence electrons. The molecule has 1 fully saturated rings. The van der Waals surface area contributed by atoms with Crippen LogP contribution in [-0.4, -0.2) is 24.0 Å². The Kier molecular flexibility index (Phi) is 4.25. The molecule has 0 spiro atoms. The van der Waals surface area contributed by atoms with Crippen molar-refractivity contribution >= 4 is 21.8 Å². The van der Waals surface area contributed by atoms with Gasteiger partial charge in [0.2, 0.25) is 0 Å². The first-order chi connectivity index (χ1) is 10.6. The van der Waals surface area contributed by atoms with E-state index in [1.807, 2.05) is 30.0 Å². The SMILES string of the molecule is COc1ccc(C(=O)N(C2CC2)[C@H](C)c2ccco2)cc1Br. The molecule has 0 N–H and O–H groups in total. The summed E-state index contributed by atoms with van der Waals surface area (Å²) < 4.78 is 11.5. The first-order valence-electron chi connectivity index (χ1n) is 7.31. The summed E-state index contributed by atoms with van der Waals surface area (Å²) in [6.45, 7) is 2.01. The van der Waals surface area contributed by atoms with E-state index in [0.29, 0.717) is 17.4 Å². The Morgan fingerprint density at radius 1 is 1.41 bits per heavy atom. The first-order valence-corrected chi connectivity index (χ1v) is 8.10. The fourth-order valence-corrected chi connectivity index (χ4v) is 3.17. The third-order valence-electron chi connectivity index (χ3n) is 3.95. The lowest BCUT2D eigenvalue weighted by Gasteiger charge is -2.28. The van der Waals surface area contributed by atoms with Gasteiger partial charge >= 0.3 is 0 Å². The second-order valence-electron chi connectivity index (χ2n) is 5.48. The van der Waals surface area contributed by atoms with E-state index in [9.17, 15) is 4.79 Å². The van der Waals surface area contributed by atoms with E-state index < -0.39 is 0 Å². The molecule has 0 unspecified atom stereocenters. The van der Waals surface area contributed by atoms with Crippen LogP contribution in [0.1, 0.15) is 41.9 Å². The van der Waals surface area contributed by atoms with Gasteiger partial charge in [0.05, 0.1) is 23.9 Å². The van der Waals surface area contributed by atoms with Crippen molar-refractivity contribution in [3.63, 3.8) is 0 Å². The molecule has 4 nitrogen and oxygen atoms in total. The second-order valence-corrected chi connectivity index (χ2v) is 6.34. The third-order valence-corrected chi connectivity index (χ3v) is 4.57. The summed E-state index contributed by atoms with van der Waals surface area (Å²) in [4.78, 5) is 14.9. The van der Waals surface area contributed by atoms with Gasteiger partial charge in [-0.15, -0.1) is 0 Å². The van der Waals surface area contributed by atoms with Crippen molar-refractivity contribution in [1.82, 2.24) is 4.90 Å². The fraction of sp³-hybridized carbons (Fsp3) is 0.353. The van der Waals surface area contributed by atoms with Crippen molar-refractivity contribution in [3.05, 3.63) is 52.4 Å². The molecule has 0 bridgehead atoms. The number of benzene rings is 1. The lowest BCUT2D eigenvalue weighted by atomic mass is 10.1. The van der Waals surface area contributed by atoms with Crippen molar-refractivity contribution in [2.75, 3.05) is 7.11 Å². The Labute approximate surface area is 138 Å². The van der Waals surface area contributed by atoms with Crippen LogP contribution in [0, 0.1) is 0 Å². The Bertz CT molecular complexity index is 665. The van der Waals surface area contributed by atoms with Crippen LogP contribution in [0.3, 0.4) is 0 Å². The number of ether oxygens (including phenoxy) is 1. The molecule has 1 aliphatic carbocycles. The maximum atomic E-state index is 12.9. The van der Waals surface area contributed by atoms with Gasteiger partial charge in [-0.05, 0) is 66.0 Å². The normalized spacial score (nSPS) is 15.4. The van der Waals surface area contributed by atoms with Gasteiger partial charge in [-0.2, -0.15) is 0 Å². The number of amides is 1. The summed E-state index contributed by atoms with van der Waals surface area (Å²) in [5, 5.41) is 0. The number of methoxy groups -OCH3 is 1. The number of carbonyl (C=O) groups is 1. The van der Waals surface area contributed by atoms with Gasteiger partial charge in [0.25, 0.3) is 5.91 Å². The maximum absolute atomic E-state index is 12.9. The molecule has 3 rings (SSSR count). The Morgan fingerprint density at radius 3 is 2.73 bits per heavy atom. The van der Waals surface area contributed by atoms with Gasteiger partial charge in [-0.1, -0.05) is 0 Å². The molecule has 0 saturated heterocycles. The van der Waals surface area contributed by atoms with E-state index in [0.717, 1.165) is 23.1 Å². The van der Waals surface area contributed by atoms with Crippen LogP contribution >= 0.6 is 15.9 Å². The predicted molar refractivity (Wildman–Crippen MR) is 87.0 cm³/mol. The van der Waals surface area contributed by atoms with Crippen LogP contribution in [0.2, 0.25) is 0 Å². The van der Waals surface area contributed by atoms with Crippen LogP contribution in [0.5, 0.6) is 5.75 Å². The van der Waals surface area contributed by atoms with Gasteiger partial charge in [0.15, 0.2) is 0 Å². The summed E-state index contributed by atoms with van der Waals surface area (Å²) >= 11 is 3.44. The quantitative estimate of drug-likeness (QED) is 0.789. The second kappa shape index (κ2) is 6.16. The van der Waals surface area contributed by atoms with E-state index in [1.54, 1.807) is 25.5 Å². The topological polar surface area (TPSA) is 42.7 Å². The molecule has 5 heteroatoms. The zero-order chi connectivity index (χ0) is 15.7. The minimum atomic E-state index is -0.0733. The number of furan rings is 1. The molecular weight excluding hydrogens is 346 g/mol. The summed E-state index contributed by atoms with van der Waals surface area (Å²) in [7, 11) is 1.61. The monoisotopic (exact) mass is 363 g/mol. The maximum Gasteiger partial charge on any atom is 0.254 e. The number of hydrogen-bond acceptors (Lipinski definition) is 3. The third kappa shape index (κ3) is 2.90. The molecule has 1 aliphatic rings. The Hall–Kier alpha value is -1.75. The summed E-state index contributed by atoms with van der Waals surface area (Å²) in [5.74, 6) is 1.55. The largest absolute Gasteiger partial charge is 0.496 e. The van der Waals surface area contributed by atoms with Crippen LogP contribution in [0.4, 0.5) is 0 Å². The molecule has 1 atom stereocenters. The first kappa shape index (κ1) is 15.2. The number of halogens is 1. The van der Waals surface area contributed by atoms with Crippen LogP contribution in [0.15, 0.2) is 45.5 Å². The van der Waals surface area contributed by atoms with Gasteiger partial charge in [-0.25, -0.2) is 0 Å². The minimum absolute atomic E-state index is 0.0229. The van der Waals surface area contributed by atoms with Gasteiger partial charge < -0.3 is 14.1 Å². The van der Waals surface area contributed by atoms with E-state index >= 15 is 0 Å². The molecule has 1 aromatic carbocycles. The van der Waals surface area contributed by atoms with E-state index in [1.165, 1.54) is 0 Å². The van der Waals surface area contributed by atoms with Crippen molar-refractivity contribution < 1.29 is 13.9 Å². The average Bonchev–Trinajstić information content (AvgIpc) is 3.19. The van der Waals surface area contributed by atoms with Crippen molar-refractivity contribution in [2.45, 2.75) is 31.8 Å². The average molecular weight is 364 g/mol. The smallest absolute Gasteiger partial charge is 0.254 e. The zero-order valence-corrected chi connectivity index (χ0v) is 14.2. The van der Waals surface area contributed by atoms with E-state index in [4.69, 9.17) is 9.15 Å². The van der Waals surface area contributed by atoms with E-state index in [2.05, 4.69) is 15.9 Å². The standard InChI is InChI=1S/C17H18BrNO3/c1-11(15-4-3-9-22-15)19(13-6-7-13)17(20)12-5-8-16(21-2)14(18)10-12/h3-5,8-11,13H,6-7H2,1-2H3/t11-/m1/s1. The molecule has 1 heterocycles.